The number of benzene rings is 1. The molecule has 0 fully saturated rings. The van der Waals surface area contributed by atoms with Gasteiger partial charge >= 0.3 is 0 Å². The van der Waals surface area contributed by atoms with Crippen LogP contribution in [0.15, 0.2) is 18.2 Å². The SMILES string of the molecule is CC(C)NC(=O)CC(=O)Nc1ccc2c(c1)OCO2. The summed E-state index contributed by atoms with van der Waals surface area (Å²) in [7, 11) is 0. The standard InChI is InChI=1S/C13H16N2O4/c1-8(2)14-12(16)6-13(17)15-9-3-4-10-11(5-9)19-7-18-10/h3-5,8H,6-7H2,1-2H3,(H,14,16)(H,15,17). The average molecular weight is 264 g/mol. The molecule has 102 valence electrons. The van der Waals surface area contributed by atoms with Gasteiger partial charge in [-0.3, -0.25) is 9.59 Å². The van der Waals surface area contributed by atoms with Crippen molar-refractivity contribution in [2.24, 2.45) is 0 Å². The Hall–Kier alpha value is -2.24. The number of hydrogen-bond acceptors (Lipinski definition) is 4. The lowest BCUT2D eigenvalue weighted by Gasteiger charge is -2.09. The lowest BCUT2D eigenvalue weighted by atomic mass is 10.2. The summed E-state index contributed by atoms with van der Waals surface area (Å²) in [5.41, 5.74) is 0.576. The lowest BCUT2D eigenvalue weighted by molar-refractivity contribution is -0.127. The van der Waals surface area contributed by atoms with E-state index in [4.69, 9.17) is 9.47 Å². The van der Waals surface area contributed by atoms with Crippen molar-refractivity contribution in [3.05, 3.63) is 18.2 Å². The van der Waals surface area contributed by atoms with Crippen LogP contribution in [0.2, 0.25) is 0 Å². The minimum absolute atomic E-state index is 0.0193. The van der Waals surface area contributed by atoms with Crippen LogP contribution < -0.4 is 20.1 Å². The van der Waals surface area contributed by atoms with Gasteiger partial charge in [0.05, 0.1) is 0 Å². The second kappa shape index (κ2) is 5.60. The Morgan fingerprint density at radius 1 is 1.21 bits per heavy atom. The molecule has 0 aromatic heterocycles. The highest BCUT2D eigenvalue weighted by molar-refractivity contribution is 6.03. The van der Waals surface area contributed by atoms with E-state index in [0.717, 1.165) is 0 Å². The number of fused-ring (bicyclic) bond motifs is 1. The number of anilines is 1. The van der Waals surface area contributed by atoms with Crippen molar-refractivity contribution in [3.63, 3.8) is 0 Å². The van der Waals surface area contributed by atoms with Gasteiger partial charge in [0.2, 0.25) is 18.6 Å². The molecule has 2 rings (SSSR count). The molecule has 0 unspecified atom stereocenters. The van der Waals surface area contributed by atoms with Crippen molar-refractivity contribution in [2.45, 2.75) is 26.3 Å². The maximum atomic E-state index is 11.7. The van der Waals surface area contributed by atoms with Gasteiger partial charge in [-0.05, 0) is 26.0 Å². The van der Waals surface area contributed by atoms with E-state index in [2.05, 4.69) is 10.6 Å². The predicted molar refractivity (Wildman–Crippen MR) is 69.1 cm³/mol. The fourth-order valence-corrected chi connectivity index (χ4v) is 1.70. The molecule has 0 radical (unpaired) electrons. The molecule has 1 heterocycles. The second-order valence-corrected chi connectivity index (χ2v) is 4.52. The average Bonchev–Trinajstić information content (AvgIpc) is 2.74. The molecule has 0 aliphatic carbocycles. The van der Waals surface area contributed by atoms with E-state index in [9.17, 15) is 9.59 Å². The predicted octanol–water partition coefficient (Wildman–Crippen LogP) is 1.27. The molecule has 6 nitrogen and oxygen atoms in total. The monoisotopic (exact) mass is 264 g/mol. The Morgan fingerprint density at radius 2 is 1.95 bits per heavy atom. The van der Waals surface area contributed by atoms with Gasteiger partial charge in [-0.1, -0.05) is 0 Å². The number of carbonyl (C=O) groups is 2. The fraction of sp³-hybridized carbons (Fsp3) is 0.385. The fourth-order valence-electron chi connectivity index (χ4n) is 1.70. The molecule has 0 spiro atoms. The molecule has 2 amide bonds. The van der Waals surface area contributed by atoms with Gasteiger partial charge in [-0.25, -0.2) is 0 Å². The Balaban J connectivity index is 1.90. The third-order valence-electron chi connectivity index (χ3n) is 2.43. The van der Waals surface area contributed by atoms with Crippen molar-refractivity contribution in [1.29, 1.82) is 0 Å². The van der Waals surface area contributed by atoms with Crippen LogP contribution in [0.25, 0.3) is 0 Å². The number of rotatable bonds is 4. The van der Waals surface area contributed by atoms with Crippen LogP contribution >= 0.6 is 0 Å². The number of hydrogen-bond donors (Lipinski definition) is 2. The summed E-state index contributed by atoms with van der Waals surface area (Å²) >= 11 is 0. The zero-order valence-electron chi connectivity index (χ0n) is 10.9. The first-order chi connectivity index (χ1) is 9.04. The lowest BCUT2D eigenvalue weighted by Crippen LogP contribution is -2.33. The van der Waals surface area contributed by atoms with Gasteiger partial charge in [0.25, 0.3) is 0 Å². The summed E-state index contributed by atoms with van der Waals surface area (Å²) in [6, 6.07) is 5.10. The van der Waals surface area contributed by atoms with Crippen LogP contribution in [-0.2, 0) is 9.59 Å². The number of carbonyl (C=O) groups excluding carboxylic acids is 2. The highest BCUT2D eigenvalue weighted by Gasteiger charge is 2.15. The van der Waals surface area contributed by atoms with E-state index in [1.807, 2.05) is 13.8 Å². The highest BCUT2D eigenvalue weighted by Crippen LogP contribution is 2.34. The zero-order chi connectivity index (χ0) is 13.8. The Kier molecular flexibility index (Phi) is 3.89. The Bertz CT molecular complexity index is 499. The summed E-state index contributed by atoms with van der Waals surface area (Å²) in [5.74, 6) is 0.574. The molecule has 2 N–H and O–H groups in total. The maximum Gasteiger partial charge on any atom is 0.233 e. The van der Waals surface area contributed by atoms with Gasteiger partial charge in [0.15, 0.2) is 11.5 Å². The van der Waals surface area contributed by atoms with Crippen LogP contribution in [0, 0.1) is 0 Å². The van der Waals surface area contributed by atoms with E-state index < -0.39 is 0 Å². The van der Waals surface area contributed by atoms with E-state index in [1.54, 1.807) is 18.2 Å². The van der Waals surface area contributed by atoms with Crippen LogP contribution in [-0.4, -0.2) is 24.6 Å². The quantitative estimate of drug-likeness (QED) is 0.803. The molecule has 0 saturated heterocycles. The highest BCUT2D eigenvalue weighted by atomic mass is 16.7. The molecule has 0 bridgehead atoms. The van der Waals surface area contributed by atoms with Crippen molar-refractivity contribution in [2.75, 3.05) is 12.1 Å². The number of amides is 2. The maximum absolute atomic E-state index is 11.7. The van der Waals surface area contributed by atoms with E-state index in [0.29, 0.717) is 17.2 Å². The molecular formula is C13H16N2O4. The van der Waals surface area contributed by atoms with E-state index >= 15 is 0 Å². The third-order valence-corrected chi connectivity index (χ3v) is 2.43. The summed E-state index contributed by atoms with van der Waals surface area (Å²) in [4.78, 5) is 23.1. The van der Waals surface area contributed by atoms with E-state index in [1.165, 1.54) is 0 Å². The molecule has 6 heteroatoms. The van der Waals surface area contributed by atoms with Gasteiger partial charge in [-0.2, -0.15) is 0 Å². The van der Waals surface area contributed by atoms with Crippen molar-refractivity contribution in [1.82, 2.24) is 5.32 Å². The minimum Gasteiger partial charge on any atom is -0.454 e. The molecule has 19 heavy (non-hydrogen) atoms. The summed E-state index contributed by atoms with van der Waals surface area (Å²) < 4.78 is 10.4. The Morgan fingerprint density at radius 3 is 2.68 bits per heavy atom. The molecule has 1 aromatic carbocycles. The third kappa shape index (κ3) is 3.61. The van der Waals surface area contributed by atoms with Gasteiger partial charge in [0.1, 0.15) is 6.42 Å². The topological polar surface area (TPSA) is 76.7 Å². The van der Waals surface area contributed by atoms with Crippen molar-refractivity contribution in [3.8, 4) is 11.5 Å². The molecule has 1 aliphatic heterocycles. The van der Waals surface area contributed by atoms with Crippen molar-refractivity contribution < 1.29 is 19.1 Å². The molecule has 1 aliphatic rings. The smallest absolute Gasteiger partial charge is 0.233 e. The molecule has 0 atom stereocenters. The first kappa shape index (κ1) is 13.2. The summed E-state index contributed by atoms with van der Waals surface area (Å²) in [6.07, 6.45) is -0.202. The molecule has 1 aromatic rings. The van der Waals surface area contributed by atoms with Crippen LogP contribution in [0.5, 0.6) is 11.5 Å². The molecule has 0 saturated carbocycles. The van der Waals surface area contributed by atoms with Gasteiger partial charge in [-0.15, -0.1) is 0 Å². The van der Waals surface area contributed by atoms with E-state index in [-0.39, 0.29) is 31.1 Å². The largest absolute Gasteiger partial charge is 0.454 e. The normalized spacial score (nSPS) is 12.4. The first-order valence-corrected chi connectivity index (χ1v) is 6.03. The summed E-state index contributed by atoms with van der Waals surface area (Å²) in [6.45, 7) is 3.87. The Labute approximate surface area is 111 Å². The van der Waals surface area contributed by atoms with Gasteiger partial charge in [0, 0.05) is 17.8 Å². The number of ether oxygens (including phenoxy) is 2. The van der Waals surface area contributed by atoms with Crippen LogP contribution in [0.3, 0.4) is 0 Å². The van der Waals surface area contributed by atoms with Crippen molar-refractivity contribution >= 4 is 17.5 Å². The molecular weight excluding hydrogens is 248 g/mol. The zero-order valence-corrected chi connectivity index (χ0v) is 10.9. The second-order valence-electron chi connectivity index (χ2n) is 4.52. The summed E-state index contributed by atoms with van der Waals surface area (Å²) in [5, 5.41) is 5.30. The van der Waals surface area contributed by atoms with Crippen LogP contribution in [0.4, 0.5) is 5.69 Å². The van der Waals surface area contributed by atoms with Crippen LogP contribution in [0.1, 0.15) is 20.3 Å². The first-order valence-electron chi connectivity index (χ1n) is 6.03. The van der Waals surface area contributed by atoms with Gasteiger partial charge < -0.3 is 20.1 Å². The minimum atomic E-state index is -0.364. The number of nitrogens with one attached hydrogen (secondary N) is 2.